The first-order valence-corrected chi connectivity index (χ1v) is 10.4. The van der Waals surface area contributed by atoms with Gasteiger partial charge in [-0.2, -0.15) is 5.11 Å². The number of hydrogen-bond acceptors (Lipinski definition) is 8. The molecular weight excluding hydrogens is 414 g/mol. The molecule has 1 fully saturated rings. The fraction of sp³-hybridized carbons (Fsp3) is 0.318. The highest BCUT2D eigenvalue weighted by molar-refractivity contribution is 6.25. The summed E-state index contributed by atoms with van der Waals surface area (Å²) in [5, 5.41) is 11.9. The van der Waals surface area contributed by atoms with Crippen LogP contribution in [0.5, 0.6) is 11.5 Å². The molecule has 0 aliphatic carbocycles. The quantitative estimate of drug-likeness (QED) is 0.719. The Morgan fingerprint density at radius 3 is 2.56 bits per heavy atom. The Labute approximate surface area is 183 Å². The lowest BCUT2D eigenvalue weighted by Gasteiger charge is -2.21. The van der Waals surface area contributed by atoms with Crippen LogP contribution in [0, 0.1) is 0 Å². The van der Waals surface area contributed by atoms with Gasteiger partial charge in [-0.05, 0) is 36.2 Å². The van der Waals surface area contributed by atoms with Gasteiger partial charge < -0.3 is 14.8 Å². The molecule has 2 atom stereocenters. The molecule has 3 heterocycles. The highest BCUT2D eigenvalue weighted by atomic mass is 16.6. The minimum atomic E-state index is -0.949. The van der Waals surface area contributed by atoms with E-state index in [1.165, 1.54) is 5.01 Å². The second kappa shape index (κ2) is 7.95. The maximum absolute atomic E-state index is 13.0. The zero-order valence-electron chi connectivity index (χ0n) is 17.4. The highest BCUT2D eigenvalue weighted by Crippen LogP contribution is 2.34. The van der Waals surface area contributed by atoms with E-state index in [9.17, 15) is 14.4 Å². The summed E-state index contributed by atoms with van der Waals surface area (Å²) in [6.07, 6.45) is 0.855. The molecule has 10 nitrogen and oxygen atoms in total. The van der Waals surface area contributed by atoms with E-state index in [0.29, 0.717) is 36.1 Å². The molecule has 2 aromatic carbocycles. The molecule has 0 saturated carbocycles. The van der Waals surface area contributed by atoms with Crippen molar-refractivity contribution in [3.8, 4) is 11.5 Å². The SMILES string of the molecule is CCc1ccc(N2C(=O)[C@@H]3N=NN(CC(=O)Nc4ccc5c(c4)OCCO5)[C@H]3C2=O)cc1. The number of anilines is 2. The van der Waals surface area contributed by atoms with Crippen LogP contribution in [0.4, 0.5) is 11.4 Å². The molecule has 0 spiro atoms. The normalized spacial score (nSPS) is 21.2. The molecule has 1 N–H and O–H groups in total. The third-order valence-corrected chi connectivity index (χ3v) is 5.59. The average molecular weight is 435 g/mol. The fourth-order valence-corrected chi connectivity index (χ4v) is 3.96. The third-order valence-electron chi connectivity index (χ3n) is 5.59. The molecule has 32 heavy (non-hydrogen) atoms. The van der Waals surface area contributed by atoms with Crippen molar-refractivity contribution >= 4 is 29.1 Å². The molecule has 0 bridgehead atoms. The van der Waals surface area contributed by atoms with E-state index < -0.39 is 29.8 Å². The Kier molecular flexibility index (Phi) is 4.96. The summed E-state index contributed by atoms with van der Waals surface area (Å²) in [5.41, 5.74) is 2.12. The van der Waals surface area contributed by atoms with Crippen molar-refractivity contribution in [3.63, 3.8) is 0 Å². The first-order chi connectivity index (χ1) is 15.5. The maximum atomic E-state index is 13.0. The first kappa shape index (κ1) is 20.0. The minimum absolute atomic E-state index is 0.221. The van der Waals surface area contributed by atoms with Crippen molar-refractivity contribution in [2.75, 3.05) is 30.0 Å². The minimum Gasteiger partial charge on any atom is -0.486 e. The number of amides is 3. The smallest absolute Gasteiger partial charge is 0.263 e. The number of hydrogen-bond donors (Lipinski definition) is 1. The number of fused-ring (bicyclic) bond motifs is 2. The summed E-state index contributed by atoms with van der Waals surface area (Å²) in [6.45, 7) is 2.73. The lowest BCUT2D eigenvalue weighted by molar-refractivity contribution is -0.123. The van der Waals surface area contributed by atoms with E-state index >= 15 is 0 Å². The van der Waals surface area contributed by atoms with Gasteiger partial charge in [0, 0.05) is 11.8 Å². The number of nitrogens with zero attached hydrogens (tertiary/aromatic N) is 4. The van der Waals surface area contributed by atoms with E-state index in [2.05, 4.69) is 15.7 Å². The lowest BCUT2D eigenvalue weighted by Crippen LogP contribution is -2.43. The summed E-state index contributed by atoms with van der Waals surface area (Å²) >= 11 is 0. The predicted octanol–water partition coefficient (Wildman–Crippen LogP) is 1.95. The van der Waals surface area contributed by atoms with Gasteiger partial charge in [-0.25, -0.2) is 4.90 Å². The van der Waals surface area contributed by atoms with Crippen molar-refractivity contribution in [3.05, 3.63) is 48.0 Å². The number of nitrogens with one attached hydrogen (secondary N) is 1. The van der Waals surface area contributed by atoms with E-state index in [4.69, 9.17) is 9.47 Å². The molecule has 3 amide bonds. The number of benzene rings is 2. The Morgan fingerprint density at radius 1 is 1.06 bits per heavy atom. The Balaban J connectivity index is 1.27. The molecule has 3 aliphatic rings. The summed E-state index contributed by atoms with van der Waals surface area (Å²) in [7, 11) is 0. The van der Waals surface area contributed by atoms with Crippen LogP contribution in [-0.2, 0) is 20.8 Å². The number of rotatable bonds is 5. The molecule has 1 saturated heterocycles. The fourth-order valence-electron chi connectivity index (χ4n) is 3.96. The second-order valence-corrected chi connectivity index (χ2v) is 7.63. The van der Waals surface area contributed by atoms with Crippen LogP contribution >= 0.6 is 0 Å². The standard InChI is InChI=1S/C22H21N5O5/c1-2-13-3-6-15(7-4-13)27-21(29)19-20(22(27)30)26(25-24-19)12-18(28)23-14-5-8-16-17(11-14)32-10-9-31-16/h3-8,11,19-20H,2,9-10,12H2,1H3,(H,23,28)/t19-,20-/m1/s1. The lowest BCUT2D eigenvalue weighted by atomic mass is 10.1. The number of ether oxygens (including phenoxy) is 2. The van der Waals surface area contributed by atoms with Crippen molar-refractivity contribution in [2.24, 2.45) is 10.3 Å². The van der Waals surface area contributed by atoms with E-state index in [0.717, 1.165) is 16.9 Å². The van der Waals surface area contributed by atoms with Crippen LogP contribution in [0.25, 0.3) is 0 Å². The molecule has 10 heteroatoms. The number of aryl methyl sites for hydroxylation is 1. The number of carbonyl (C=O) groups excluding carboxylic acids is 3. The topological polar surface area (TPSA) is 113 Å². The van der Waals surface area contributed by atoms with Gasteiger partial charge in [-0.1, -0.05) is 24.3 Å². The van der Waals surface area contributed by atoms with Gasteiger partial charge in [0.05, 0.1) is 5.69 Å². The van der Waals surface area contributed by atoms with Crippen molar-refractivity contribution in [1.82, 2.24) is 5.01 Å². The Hall–Kier alpha value is -3.95. The van der Waals surface area contributed by atoms with Crippen LogP contribution in [-0.4, -0.2) is 54.6 Å². The van der Waals surface area contributed by atoms with Crippen LogP contribution in [0.15, 0.2) is 52.8 Å². The summed E-state index contributed by atoms with van der Waals surface area (Å²) < 4.78 is 11.0. The first-order valence-electron chi connectivity index (χ1n) is 10.4. The largest absolute Gasteiger partial charge is 0.486 e. The van der Waals surface area contributed by atoms with Gasteiger partial charge in [0.25, 0.3) is 11.8 Å². The van der Waals surface area contributed by atoms with E-state index in [1.54, 1.807) is 30.3 Å². The zero-order chi connectivity index (χ0) is 22.2. The van der Waals surface area contributed by atoms with Crippen LogP contribution in [0.2, 0.25) is 0 Å². The molecule has 3 aliphatic heterocycles. The van der Waals surface area contributed by atoms with Crippen molar-refractivity contribution in [2.45, 2.75) is 25.4 Å². The molecule has 0 aromatic heterocycles. The molecule has 0 unspecified atom stereocenters. The molecular formula is C22H21N5O5. The zero-order valence-corrected chi connectivity index (χ0v) is 17.4. The predicted molar refractivity (Wildman–Crippen MR) is 114 cm³/mol. The summed E-state index contributed by atoms with van der Waals surface area (Å²) in [6, 6.07) is 10.5. The van der Waals surface area contributed by atoms with Gasteiger partial charge in [-0.15, -0.1) is 0 Å². The number of imide groups is 1. The number of carbonyl (C=O) groups is 3. The Bertz CT molecular complexity index is 1120. The van der Waals surface area contributed by atoms with E-state index in [1.807, 2.05) is 19.1 Å². The van der Waals surface area contributed by atoms with Gasteiger partial charge in [-0.3, -0.25) is 19.4 Å². The van der Waals surface area contributed by atoms with Crippen LogP contribution in [0.1, 0.15) is 12.5 Å². The molecule has 2 aromatic rings. The van der Waals surface area contributed by atoms with Crippen LogP contribution in [0.3, 0.4) is 0 Å². The highest BCUT2D eigenvalue weighted by Gasteiger charge is 2.55. The van der Waals surface area contributed by atoms with Crippen molar-refractivity contribution in [1.29, 1.82) is 0 Å². The summed E-state index contributed by atoms with van der Waals surface area (Å²) in [5.74, 6) is -0.111. The molecule has 0 radical (unpaired) electrons. The van der Waals surface area contributed by atoms with Gasteiger partial charge in [0.1, 0.15) is 19.8 Å². The van der Waals surface area contributed by atoms with Crippen LogP contribution < -0.4 is 19.7 Å². The summed E-state index contributed by atoms with van der Waals surface area (Å²) in [4.78, 5) is 39.6. The van der Waals surface area contributed by atoms with Gasteiger partial charge in [0.15, 0.2) is 23.6 Å². The second-order valence-electron chi connectivity index (χ2n) is 7.63. The molecule has 5 rings (SSSR count). The molecule has 164 valence electrons. The van der Waals surface area contributed by atoms with Crippen molar-refractivity contribution < 1.29 is 23.9 Å². The monoisotopic (exact) mass is 435 g/mol. The van der Waals surface area contributed by atoms with E-state index in [-0.39, 0.29) is 6.54 Å². The van der Waals surface area contributed by atoms with Gasteiger partial charge >= 0.3 is 0 Å². The average Bonchev–Trinajstić information content (AvgIpc) is 3.33. The Morgan fingerprint density at radius 2 is 1.81 bits per heavy atom. The third kappa shape index (κ3) is 3.43. The van der Waals surface area contributed by atoms with Gasteiger partial charge in [0.2, 0.25) is 5.91 Å². The maximum Gasteiger partial charge on any atom is 0.263 e.